The molecule has 5 heteroatoms. The maximum absolute atomic E-state index is 12.6. The average molecular weight is 403 g/mol. The molecule has 0 bridgehead atoms. The fourth-order valence-electron chi connectivity index (χ4n) is 2.97. The number of hydrogen-bond acceptors (Lipinski definition) is 4. The van der Waals surface area contributed by atoms with Crippen molar-refractivity contribution in [1.29, 1.82) is 0 Å². The van der Waals surface area contributed by atoms with Crippen molar-refractivity contribution >= 4 is 17.6 Å². The van der Waals surface area contributed by atoms with Crippen LogP contribution in [0.15, 0.2) is 72.8 Å². The third-order valence-electron chi connectivity index (χ3n) is 4.84. The molecule has 0 aromatic heterocycles. The first-order valence-corrected chi connectivity index (χ1v) is 9.74. The average Bonchev–Trinajstić information content (AvgIpc) is 2.78. The highest BCUT2D eigenvalue weighted by Gasteiger charge is 2.14. The van der Waals surface area contributed by atoms with E-state index in [1.165, 1.54) is 0 Å². The Labute approximate surface area is 176 Å². The van der Waals surface area contributed by atoms with Crippen LogP contribution >= 0.6 is 0 Å². The van der Waals surface area contributed by atoms with E-state index >= 15 is 0 Å². The lowest BCUT2D eigenvalue weighted by Crippen LogP contribution is -2.26. The molecular weight excluding hydrogens is 378 g/mol. The van der Waals surface area contributed by atoms with Crippen molar-refractivity contribution in [3.63, 3.8) is 0 Å². The standard InChI is InChI=1S/C25H25NO4/c1-18-4-9-20(10-5-18)25(28)26(2)21-11-15-23(16-12-21)30-24(27)17-8-19-6-13-22(29-3)14-7-19/h4-7,9-16H,8,17H2,1-3H3. The summed E-state index contributed by atoms with van der Waals surface area (Å²) in [7, 11) is 3.34. The van der Waals surface area contributed by atoms with Gasteiger partial charge in [0.2, 0.25) is 0 Å². The number of carbonyl (C=O) groups excluding carboxylic acids is 2. The molecule has 154 valence electrons. The van der Waals surface area contributed by atoms with Gasteiger partial charge in [-0.1, -0.05) is 29.8 Å². The molecular formula is C25H25NO4. The van der Waals surface area contributed by atoms with Crippen molar-refractivity contribution in [2.24, 2.45) is 0 Å². The Balaban J connectivity index is 1.54. The Kier molecular flexibility index (Phi) is 6.86. The molecule has 30 heavy (non-hydrogen) atoms. The van der Waals surface area contributed by atoms with Crippen LogP contribution in [-0.4, -0.2) is 26.0 Å². The molecule has 0 atom stereocenters. The summed E-state index contributed by atoms with van der Waals surface area (Å²) in [5, 5.41) is 0. The van der Waals surface area contributed by atoms with Crippen LogP contribution in [-0.2, 0) is 11.2 Å². The smallest absolute Gasteiger partial charge is 0.311 e. The van der Waals surface area contributed by atoms with Crippen LogP contribution in [0.1, 0.15) is 27.9 Å². The molecule has 3 rings (SSSR count). The van der Waals surface area contributed by atoms with Crippen LogP contribution < -0.4 is 14.4 Å². The van der Waals surface area contributed by atoms with Gasteiger partial charge < -0.3 is 14.4 Å². The molecule has 0 spiro atoms. The van der Waals surface area contributed by atoms with Crippen LogP contribution in [0, 0.1) is 6.92 Å². The van der Waals surface area contributed by atoms with E-state index in [4.69, 9.17) is 9.47 Å². The van der Waals surface area contributed by atoms with Crippen molar-refractivity contribution in [3.05, 3.63) is 89.5 Å². The van der Waals surface area contributed by atoms with Gasteiger partial charge in [0.05, 0.1) is 7.11 Å². The number of esters is 1. The molecule has 0 saturated heterocycles. The summed E-state index contributed by atoms with van der Waals surface area (Å²) in [6, 6.07) is 22.0. The van der Waals surface area contributed by atoms with Gasteiger partial charge in [-0.25, -0.2) is 0 Å². The summed E-state index contributed by atoms with van der Waals surface area (Å²) in [6.45, 7) is 1.98. The first kappa shape index (κ1) is 21.1. The number of benzene rings is 3. The number of methoxy groups -OCH3 is 1. The summed E-state index contributed by atoms with van der Waals surface area (Å²) in [6.07, 6.45) is 0.870. The minimum atomic E-state index is -0.303. The van der Waals surface area contributed by atoms with E-state index < -0.39 is 0 Å². The van der Waals surface area contributed by atoms with Crippen LogP contribution in [0.4, 0.5) is 5.69 Å². The maximum Gasteiger partial charge on any atom is 0.311 e. The third kappa shape index (κ3) is 5.47. The normalized spacial score (nSPS) is 10.4. The summed E-state index contributed by atoms with van der Waals surface area (Å²) in [5.74, 6) is 0.837. The van der Waals surface area contributed by atoms with Gasteiger partial charge in [0.15, 0.2) is 0 Å². The van der Waals surface area contributed by atoms with Gasteiger partial charge in [0.25, 0.3) is 5.91 Å². The first-order chi connectivity index (χ1) is 14.5. The van der Waals surface area contributed by atoms with Gasteiger partial charge in [-0.2, -0.15) is 0 Å². The minimum Gasteiger partial charge on any atom is -0.497 e. The molecule has 0 saturated carbocycles. The van der Waals surface area contributed by atoms with Crippen molar-refractivity contribution in [2.45, 2.75) is 19.8 Å². The van der Waals surface area contributed by atoms with E-state index in [0.29, 0.717) is 17.7 Å². The number of ether oxygens (including phenoxy) is 2. The second kappa shape index (κ2) is 9.74. The van der Waals surface area contributed by atoms with Gasteiger partial charge >= 0.3 is 5.97 Å². The predicted octanol–water partition coefficient (Wildman–Crippen LogP) is 4.82. The molecule has 0 unspecified atom stereocenters. The number of anilines is 1. The van der Waals surface area contributed by atoms with Crippen molar-refractivity contribution in [2.75, 3.05) is 19.1 Å². The van der Waals surface area contributed by atoms with E-state index in [2.05, 4.69) is 0 Å². The monoisotopic (exact) mass is 403 g/mol. The first-order valence-electron chi connectivity index (χ1n) is 9.74. The van der Waals surface area contributed by atoms with Gasteiger partial charge in [-0.05, 0) is 67.4 Å². The number of rotatable bonds is 7. The predicted molar refractivity (Wildman–Crippen MR) is 117 cm³/mol. The zero-order chi connectivity index (χ0) is 21.5. The Hall–Kier alpha value is -3.60. The van der Waals surface area contributed by atoms with E-state index in [-0.39, 0.29) is 18.3 Å². The van der Waals surface area contributed by atoms with Crippen LogP contribution in [0.5, 0.6) is 11.5 Å². The Morgan fingerprint density at radius 1 is 0.833 bits per heavy atom. The zero-order valence-electron chi connectivity index (χ0n) is 17.4. The molecule has 0 radical (unpaired) electrons. The number of hydrogen-bond donors (Lipinski definition) is 0. The number of amides is 1. The van der Waals surface area contributed by atoms with Gasteiger partial charge in [-0.15, -0.1) is 0 Å². The van der Waals surface area contributed by atoms with Gasteiger partial charge in [0.1, 0.15) is 11.5 Å². The van der Waals surface area contributed by atoms with Crippen LogP contribution in [0.25, 0.3) is 0 Å². The largest absolute Gasteiger partial charge is 0.497 e. The van der Waals surface area contributed by atoms with Crippen LogP contribution in [0.2, 0.25) is 0 Å². The highest BCUT2D eigenvalue weighted by atomic mass is 16.5. The number of nitrogens with zero attached hydrogens (tertiary/aromatic N) is 1. The second-order valence-electron chi connectivity index (χ2n) is 7.05. The lowest BCUT2D eigenvalue weighted by molar-refractivity contribution is -0.134. The fourth-order valence-corrected chi connectivity index (χ4v) is 2.97. The van der Waals surface area contributed by atoms with E-state index in [0.717, 1.165) is 22.6 Å². The third-order valence-corrected chi connectivity index (χ3v) is 4.84. The lowest BCUT2D eigenvalue weighted by Gasteiger charge is -2.18. The molecule has 3 aromatic rings. The highest BCUT2D eigenvalue weighted by Crippen LogP contribution is 2.21. The highest BCUT2D eigenvalue weighted by molar-refractivity contribution is 6.05. The van der Waals surface area contributed by atoms with Crippen LogP contribution in [0.3, 0.4) is 0 Å². The molecule has 3 aromatic carbocycles. The van der Waals surface area contributed by atoms with Crippen molar-refractivity contribution < 1.29 is 19.1 Å². The lowest BCUT2D eigenvalue weighted by atomic mass is 10.1. The Morgan fingerprint density at radius 3 is 2.03 bits per heavy atom. The summed E-state index contributed by atoms with van der Waals surface area (Å²) < 4.78 is 10.5. The topological polar surface area (TPSA) is 55.8 Å². The van der Waals surface area contributed by atoms with Gasteiger partial charge in [0, 0.05) is 24.7 Å². The van der Waals surface area contributed by atoms with E-state index in [1.54, 1.807) is 43.3 Å². The maximum atomic E-state index is 12.6. The molecule has 0 aliphatic carbocycles. The molecule has 0 N–H and O–H groups in total. The minimum absolute atomic E-state index is 0.0979. The summed E-state index contributed by atoms with van der Waals surface area (Å²) in [4.78, 5) is 26.3. The van der Waals surface area contributed by atoms with E-state index in [9.17, 15) is 9.59 Å². The van der Waals surface area contributed by atoms with E-state index in [1.807, 2.05) is 55.5 Å². The molecule has 0 heterocycles. The quantitative estimate of drug-likeness (QED) is 0.419. The Morgan fingerprint density at radius 2 is 1.43 bits per heavy atom. The summed E-state index contributed by atoms with van der Waals surface area (Å²) in [5.41, 5.74) is 3.49. The Bertz CT molecular complexity index is 993. The molecule has 5 nitrogen and oxygen atoms in total. The molecule has 1 amide bonds. The fraction of sp³-hybridized carbons (Fsp3) is 0.200. The molecule has 0 aliphatic rings. The van der Waals surface area contributed by atoms with Crippen molar-refractivity contribution in [3.8, 4) is 11.5 Å². The number of aryl methyl sites for hydroxylation is 2. The SMILES string of the molecule is COc1ccc(CCC(=O)Oc2ccc(N(C)C(=O)c3ccc(C)cc3)cc2)cc1. The van der Waals surface area contributed by atoms with Gasteiger partial charge in [-0.3, -0.25) is 9.59 Å². The zero-order valence-corrected chi connectivity index (χ0v) is 17.4. The second-order valence-corrected chi connectivity index (χ2v) is 7.05. The summed E-state index contributed by atoms with van der Waals surface area (Å²) >= 11 is 0. The molecule has 0 aliphatic heterocycles. The van der Waals surface area contributed by atoms with Crippen molar-refractivity contribution in [1.82, 2.24) is 0 Å². The number of carbonyl (C=O) groups is 2. The molecule has 0 fully saturated rings.